The van der Waals surface area contributed by atoms with Crippen LogP contribution in [0, 0.1) is 18.6 Å². The Labute approximate surface area is 120 Å². The third kappa shape index (κ3) is 3.74. The average molecular weight is 295 g/mol. The summed E-state index contributed by atoms with van der Waals surface area (Å²) >= 11 is 0.889. The largest absolute Gasteiger partial charge is 0.313 e. The lowest BCUT2D eigenvalue weighted by atomic mass is 10.2. The van der Waals surface area contributed by atoms with Gasteiger partial charge in [0.25, 0.3) is 0 Å². The summed E-state index contributed by atoms with van der Waals surface area (Å²) in [6.07, 6.45) is 3.23. The van der Waals surface area contributed by atoms with E-state index in [-0.39, 0.29) is 4.90 Å². The zero-order chi connectivity index (χ0) is 14.5. The number of rotatable bonds is 5. The van der Waals surface area contributed by atoms with Crippen LogP contribution < -0.4 is 5.32 Å². The Morgan fingerprint density at radius 1 is 1.15 bits per heavy atom. The maximum atomic E-state index is 14.0. The van der Waals surface area contributed by atoms with Crippen molar-refractivity contribution in [1.82, 2.24) is 15.3 Å². The number of hydrogen-bond donors (Lipinski definition) is 1. The van der Waals surface area contributed by atoms with Crippen LogP contribution in [0.1, 0.15) is 18.1 Å². The van der Waals surface area contributed by atoms with Gasteiger partial charge in [-0.3, -0.25) is 0 Å². The van der Waals surface area contributed by atoms with Crippen LogP contribution in [0.4, 0.5) is 8.78 Å². The van der Waals surface area contributed by atoms with Crippen molar-refractivity contribution in [3.8, 4) is 0 Å². The Morgan fingerprint density at radius 3 is 2.30 bits per heavy atom. The van der Waals surface area contributed by atoms with Gasteiger partial charge in [-0.1, -0.05) is 6.92 Å². The van der Waals surface area contributed by atoms with Crippen molar-refractivity contribution >= 4 is 11.8 Å². The number of nitrogens with zero attached hydrogens (tertiary/aromatic N) is 2. The van der Waals surface area contributed by atoms with Gasteiger partial charge in [-0.2, -0.15) is 0 Å². The quantitative estimate of drug-likeness (QED) is 0.859. The molecular weight excluding hydrogens is 280 g/mol. The first-order valence-corrected chi connectivity index (χ1v) is 7.07. The van der Waals surface area contributed by atoms with Crippen LogP contribution in [0.3, 0.4) is 0 Å². The lowest BCUT2D eigenvalue weighted by Gasteiger charge is -2.07. The first kappa shape index (κ1) is 14.9. The van der Waals surface area contributed by atoms with Gasteiger partial charge in [0.2, 0.25) is 0 Å². The van der Waals surface area contributed by atoms with Crippen molar-refractivity contribution in [3.05, 3.63) is 47.3 Å². The molecule has 1 N–H and O–H groups in total. The number of aryl methyl sites for hydroxylation is 1. The number of halogens is 2. The number of nitrogens with one attached hydrogen (secondary N) is 1. The van der Waals surface area contributed by atoms with Crippen LogP contribution in [0.5, 0.6) is 0 Å². The summed E-state index contributed by atoms with van der Waals surface area (Å²) in [6, 6.07) is 2.67. The molecule has 1 aromatic heterocycles. The highest BCUT2D eigenvalue weighted by Crippen LogP contribution is 2.30. The predicted octanol–water partition coefficient (Wildman–Crippen LogP) is 3.32. The van der Waals surface area contributed by atoms with Crippen LogP contribution in [0.25, 0.3) is 0 Å². The van der Waals surface area contributed by atoms with Crippen molar-refractivity contribution in [1.29, 1.82) is 0 Å². The molecule has 0 unspecified atom stereocenters. The zero-order valence-electron chi connectivity index (χ0n) is 11.3. The second kappa shape index (κ2) is 6.76. The van der Waals surface area contributed by atoms with E-state index in [1.807, 2.05) is 13.8 Å². The van der Waals surface area contributed by atoms with Gasteiger partial charge in [0, 0.05) is 18.9 Å². The van der Waals surface area contributed by atoms with Crippen LogP contribution in [0.15, 0.2) is 34.6 Å². The third-order valence-corrected chi connectivity index (χ3v) is 3.58. The highest BCUT2D eigenvalue weighted by molar-refractivity contribution is 7.99. The highest BCUT2D eigenvalue weighted by atomic mass is 32.2. The molecule has 20 heavy (non-hydrogen) atoms. The Balaban J connectivity index is 2.21. The van der Waals surface area contributed by atoms with Gasteiger partial charge in [-0.25, -0.2) is 18.7 Å². The Kier molecular flexibility index (Phi) is 5.03. The fraction of sp³-hybridized carbons (Fsp3) is 0.286. The summed E-state index contributed by atoms with van der Waals surface area (Å²) in [5, 5.41) is 3.36. The monoisotopic (exact) mass is 295 g/mol. The van der Waals surface area contributed by atoms with E-state index < -0.39 is 11.6 Å². The van der Waals surface area contributed by atoms with Gasteiger partial charge in [0.15, 0.2) is 5.16 Å². The third-order valence-electron chi connectivity index (χ3n) is 2.59. The summed E-state index contributed by atoms with van der Waals surface area (Å²) in [4.78, 5) is 7.99. The molecule has 3 nitrogen and oxygen atoms in total. The first-order chi connectivity index (χ1) is 9.60. The minimum absolute atomic E-state index is 0.0749. The SMILES string of the molecule is CCNCc1cc(F)c(Sc2ncc(C)cn2)c(F)c1. The fourth-order valence-corrected chi connectivity index (χ4v) is 2.31. The van der Waals surface area contributed by atoms with Crippen molar-refractivity contribution in [2.75, 3.05) is 6.54 Å². The van der Waals surface area contributed by atoms with Crippen molar-refractivity contribution in [2.45, 2.75) is 30.4 Å². The van der Waals surface area contributed by atoms with Crippen LogP contribution in [0.2, 0.25) is 0 Å². The molecule has 0 radical (unpaired) electrons. The summed E-state index contributed by atoms with van der Waals surface area (Å²) in [5.41, 5.74) is 1.48. The molecule has 0 aliphatic heterocycles. The molecule has 0 aliphatic rings. The molecule has 0 atom stereocenters. The van der Waals surface area contributed by atoms with Crippen LogP contribution in [-0.2, 0) is 6.54 Å². The van der Waals surface area contributed by atoms with Gasteiger partial charge in [0.1, 0.15) is 11.6 Å². The second-order valence-electron chi connectivity index (χ2n) is 4.31. The summed E-state index contributed by atoms with van der Waals surface area (Å²) in [7, 11) is 0. The number of aromatic nitrogens is 2. The zero-order valence-corrected chi connectivity index (χ0v) is 12.1. The molecule has 0 amide bonds. The molecule has 0 saturated carbocycles. The Morgan fingerprint density at radius 2 is 1.75 bits per heavy atom. The maximum Gasteiger partial charge on any atom is 0.192 e. The maximum absolute atomic E-state index is 14.0. The molecule has 1 aromatic carbocycles. The summed E-state index contributed by atoms with van der Waals surface area (Å²) in [5.74, 6) is -1.18. The van der Waals surface area contributed by atoms with Gasteiger partial charge >= 0.3 is 0 Å². The molecule has 0 spiro atoms. The van der Waals surface area contributed by atoms with E-state index >= 15 is 0 Å². The lowest BCUT2D eigenvalue weighted by molar-refractivity contribution is 0.534. The Bertz CT molecular complexity index is 564. The molecule has 106 valence electrons. The van der Waals surface area contributed by atoms with Crippen LogP contribution >= 0.6 is 11.8 Å². The highest BCUT2D eigenvalue weighted by Gasteiger charge is 2.14. The van der Waals surface area contributed by atoms with Gasteiger partial charge < -0.3 is 5.32 Å². The van der Waals surface area contributed by atoms with Crippen molar-refractivity contribution in [2.24, 2.45) is 0 Å². The van der Waals surface area contributed by atoms with E-state index in [0.717, 1.165) is 23.9 Å². The minimum atomic E-state index is -0.591. The van der Waals surface area contributed by atoms with E-state index in [0.29, 0.717) is 17.3 Å². The molecule has 0 aliphatic carbocycles. The topological polar surface area (TPSA) is 37.8 Å². The van der Waals surface area contributed by atoms with E-state index in [2.05, 4.69) is 15.3 Å². The predicted molar refractivity (Wildman–Crippen MR) is 74.6 cm³/mol. The smallest absolute Gasteiger partial charge is 0.192 e. The van der Waals surface area contributed by atoms with Gasteiger partial charge in [-0.15, -0.1) is 0 Å². The second-order valence-corrected chi connectivity index (χ2v) is 5.29. The minimum Gasteiger partial charge on any atom is -0.313 e. The van der Waals surface area contributed by atoms with Gasteiger partial charge in [0.05, 0.1) is 4.90 Å². The molecule has 2 rings (SSSR count). The summed E-state index contributed by atoms with van der Waals surface area (Å²) < 4.78 is 27.9. The summed E-state index contributed by atoms with van der Waals surface area (Å²) in [6.45, 7) is 4.98. The first-order valence-electron chi connectivity index (χ1n) is 6.25. The molecule has 0 saturated heterocycles. The number of benzene rings is 1. The molecule has 2 aromatic rings. The normalized spacial score (nSPS) is 10.8. The number of hydrogen-bond acceptors (Lipinski definition) is 4. The van der Waals surface area contributed by atoms with E-state index in [9.17, 15) is 8.78 Å². The fourth-order valence-electron chi connectivity index (χ4n) is 1.61. The van der Waals surface area contributed by atoms with E-state index in [4.69, 9.17) is 0 Å². The molecule has 0 bridgehead atoms. The van der Waals surface area contributed by atoms with Gasteiger partial charge in [-0.05, 0) is 48.5 Å². The van der Waals surface area contributed by atoms with Crippen LogP contribution in [-0.4, -0.2) is 16.5 Å². The van der Waals surface area contributed by atoms with Crippen molar-refractivity contribution < 1.29 is 8.78 Å². The van der Waals surface area contributed by atoms with E-state index in [1.54, 1.807) is 12.4 Å². The standard InChI is InChI=1S/C14H15F2N3S/c1-3-17-8-10-4-11(15)13(12(16)5-10)20-14-18-6-9(2)7-19-14/h4-7,17H,3,8H2,1-2H3. The molecule has 0 fully saturated rings. The average Bonchev–Trinajstić information content (AvgIpc) is 2.42. The Hall–Kier alpha value is -1.53. The molecule has 1 heterocycles. The molecule has 6 heteroatoms. The lowest BCUT2D eigenvalue weighted by Crippen LogP contribution is -2.12. The molecular formula is C14H15F2N3S. The van der Waals surface area contributed by atoms with Crippen molar-refractivity contribution in [3.63, 3.8) is 0 Å². The van der Waals surface area contributed by atoms with E-state index in [1.165, 1.54) is 12.1 Å².